The SMILES string of the molecule is CCCCCCCCN(CCCCCCCC)S(=O)(=O)[C@@H]1O[C@H](CO)[C@H](O)[C@H]1O. The Morgan fingerprint density at radius 2 is 1.21 bits per heavy atom. The van der Waals surface area contributed by atoms with Gasteiger partial charge in [-0.25, -0.2) is 8.42 Å². The molecule has 4 atom stereocenters. The Kier molecular flexibility index (Phi) is 13.6. The molecule has 0 aromatic heterocycles. The van der Waals surface area contributed by atoms with Gasteiger partial charge < -0.3 is 20.1 Å². The maximum atomic E-state index is 13.1. The summed E-state index contributed by atoms with van der Waals surface area (Å²) in [6.07, 6.45) is 8.70. The fraction of sp³-hybridized carbons (Fsp3) is 1.00. The fourth-order valence-corrected chi connectivity index (χ4v) is 5.62. The summed E-state index contributed by atoms with van der Waals surface area (Å²) >= 11 is 0. The van der Waals surface area contributed by atoms with Gasteiger partial charge in [-0.15, -0.1) is 0 Å². The van der Waals surface area contributed by atoms with Crippen LogP contribution in [0.25, 0.3) is 0 Å². The van der Waals surface area contributed by atoms with Crippen molar-refractivity contribution in [2.24, 2.45) is 0 Å². The van der Waals surface area contributed by atoms with Gasteiger partial charge >= 0.3 is 0 Å². The number of hydrogen-bond donors (Lipinski definition) is 3. The van der Waals surface area contributed by atoms with Crippen LogP contribution in [0.1, 0.15) is 90.9 Å². The number of sulfonamides is 1. The molecular weight excluding hydrogens is 394 g/mol. The molecule has 174 valence electrons. The zero-order valence-electron chi connectivity index (χ0n) is 18.3. The Hall–Kier alpha value is -0.250. The van der Waals surface area contributed by atoms with E-state index in [2.05, 4.69) is 13.8 Å². The number of hydrogen-bond acceptors (Lipinski definition) is 6. The van der Waals surface area contributed by atoms with Crippen LogP contribution in [0.15, 0.2) is 0 Å². The molecule has 3 N–H and O–H groups in total. The molecule has 1 aliphatic rings. The predicted molar refractivity (Wildman–Crippen MR) is 115 cm³/mol. The third kappa shape index (κ3) is 8.79. The molecule has 0 aliphatic carbocycles. The molecule has 1 aliphatic heterocycles. The van der Waals surface area contributed by atoms with Crippen molar-refractivity contribution in [2.45, 2.75) is 115 Å². The summed E-state index contributed by atoms with van der Waals surface area (Å²) in [6, 6.07) is 0. The number of rotatable bonds is 17. The molecule has 1 fully saturated rings. The topological polar surface area (TPSA) is 107 Å². The lowest BCUT2D eigenvalue weighted by Gasteiger charge is -2.27. The summed E-state index contributed by atoms with van der Waals surface area (Å²) in [5, 5.41) is 29.4. The predicted octanol–water partition coefficient (Wildman–Crippen LogP) is 2.78. The van der Waals surface area contributed by atoms with Gasteiger partial charge in [0.2, 0.25) is 15.5 Å². The second kappa shape index (κ2) is 14.7. The smallest absolute Gasteiger partial charge is 0.244 e. The molecule has 0 bridgehead atoms. The van der Waals surface area contributed by atoms with Gasteiger partial charge in [0.1, 0.15) is 18.3 Å². The Morgan fingerprint density at radius 3 is 1.62 bits per heavy atom. The minimum absolute atomic E-state index is 0.399. The molecule has 29 heavy (non-hydrogen) atoms. The molecule has 1 heterocycles. The van der Waals surface area contributed by atoms with Crippen LogP contribution in [-0.2, 0) is 14.8 Å². The minimum atomic E-state index is -3.93. The largest absolute Gasteiger partial charge is 0.394 e. The van der Waals surface area contributed by atoms with Gasteiger partial charge in [-0.05, 0) is 12.8 Å². The van der Waals surface area contributed by atoms with E-state index >= 15 is 0 Å². The van der Waals surface area contributed by atoms with Gasteiger partial charge in [0.25, 0.3) is 0 Å². The van der Waals surface area contributed by atoms with Crippen LogP contribution in [0, 0.1) is 0 Å². The first-order valence-corrected chi connectivity index (χ1v) is 13.0. The van der Waals surface area contributed by atoms with Crippen LogP contribution in [-0.4, -0.2) is 71.5 Å². The highest BCUT2D eigenvalue weighted by atomic mass is 32.2. The van der Waals surface area contributed by atoms with E-state index in [1.54, 1.807) is 0 Å². The molecule has 0 amide bonds. The highest BCUT2D eigenvalue weighted by molar-refractivity contribution is 7.89. The zero-order chi connectivity index (χ0) is 21.7. The van der Waals surface area contributed by atoms with Gasteiger partial charge in [-0.1, -0.05) is 78.1 Å². The van der Waals surface area contributed by atoms with Crippen molar-refractivity contribution in [3.8, 4) is 0 Å². The quantitative estimate of drug-likeness (QED) is 0.302. The summed E-state index contributed by atoms with van der Waals surface area (Å²) in [7, 11) is -3.93. The molecule has 1 saturated heterocycles. The van der Waals surface area contributed by atoms with E-state index in [9.17, 15) is 23.7 Å². The van der Waals surface area contributed by atoms with Gasteiger partial charge in [0.15, 0.2) is 0 Å². The van der Waals surface area contributed by atoms with Crippen molar-refractivity contribution < 1.29 is 28.5 Å². The Balaban J connectivity index is 2.66. The highest BCUT2D eigenvalue weighted by Gasteiger charge is 2.50. The van der Waals surface area contributed by atoms with Crippen LogP contribution in [0.5, 0.6) is 0 Å². The molecule has 0 spiro atoms. The van der Waals surface area contributed by atoms with Gasteiger partial charge in [-0.2, -0.15) is 4.31 Å². The first-order chi connectivity index (χ1) is 13.9. The summed E-state index contributed by atoms with van der Waals surface area (Å²) in [6.45, 7) is 4.59. The van der Waals surface area contributed by atoms with E-state index < -0.39 is 40.4 Å². The summed E-state index contributed by atoms with van der Waals surface area (Å²) in [4.78, 5) is 0. The number of aliphatic hydroxyl groups is 3. The number of unbranched alkanes of at least 4 members (excludes halogenated alkanes) is 10. The maximum absolute atomic E-state index is 13.1. The van der Waals surface area contributed by atoms with Gasteiger partial charge in [-0.3, -0.25) is 0 Å². The maximum Gasteiger partial charge on any atom is 0.244 e. The molecule has 0 aromatic carbocycles. The lowest BCUT2D eigenvalue weighted by molar-refractivity contribution is -0.00925. The number of nitrogens with zero attached hydrogens (tertiary/aromatic N) is 1. The van der Waals surface area contributed by atoms with E-state index in [1.165, 1.54) is 30.0 Å². The van der Waals surface area contributed by atoms with Crippen molar-refractivity contribution >= 4 is 10.0 Å². The van der Waals surface area contributed by atoms with Gasteiger partial charge in [0, 0.05) is 13.1 Å². The third-order valence-corrected chi connectivity index (χ3v) is 7.74. The van der Waals surface area contributed by atoms with E-state index in [0.29, 0.717) is 13.1 Å². The first kappa shape index (κ1) is 26.8. The monoisotopic (exact) mass is 437 g/mol. The van der Waals surface area contributed by atoms with Crippen LogP contribution in [0.4, 0.5) is 0 Å². The van der Waals surface area contributed by atoms with Crippen LogP contribution >= 0.6 is 0 Å². The minimum Gasteiger partial charge on any atom is -0.394 e. The molecule has 0 aromatic rings. The summed E-state index contributed by atoms with van der Waals surface area (Å²) in [5.74, 6) is 0. The van der Waals surface area contributed by atoms with Gasteiger partial charge in [0.05, 0.1) is 6.61 Å². The van der Waals surface area contributed by atoms with Crippen LogP contribution in [0.2, 0.25) is 0 Å². The lowest BCUT2D eigenvalue weighted by atomic mass is 10.1. The van der Waals surface area contributed by atoms with Crippen molar-refractivity contribution in [1.82, 2.24) is 4.31 Å². The fourth-order valence-electron chi connectivity index (χ4n) is 3.76. The average molecular weight is 438 g/mol. The first-order valence-electron chi connectivity index (χ1n) is 11.5. The second-order valence-electron chi connectivity index (χ2n) is 8.19. The summed E-state index contributed by atoms with van der Waals surface area (Å²) < 4.78 is 33.0. The van der Waals surface area contributed by atoms with Crippen molar-refractivity contribution in [3.05, 3.63) is 0 Å². The van der Waals surface area contributed by atoms with Crippen LogP contribution < -0.4 is 0 Å². The lowest BCUT2D eigenvalue weighted by Crippen LogP contribution is -2.45. The molecule has 0 unspecified atom stereocenters. The van der Waals surface area contributed by atoms with E-state index in [4.69, 9.17) is 4.74 Å². The molecule has 0 radical (unpaired) electrons. The van der Waals surface area contributed by atoms with Crippen LogP contribution in [0.3, 0.4) is 0 Å². The molecule has 1 rings (SSSR count). The number of ether oxygens (including phenoxy) is 1. The molecule has 0 saturated carbocycles. The van der Waals surface area contributed by atoms with Crippen molar-refractivity contribution in [3.63, 3.8) is 0 Å². The average Bonchev–Trinajstić information content (AvgIpc) is 3.00. The van der Waals surface area contributed by atoms with E-state index in [0.717, 1.165) is 51.4 Å². The highest BCUT2D eigenvalue weighted by Crippen LogP contribution is 2.28. The van der Waals surface area contributed by atoms with E-state index in [1.807, 2.05) is 0 Å². The molecule has 8 heteroatoms. The molecule has 7 nitrogen and oxygen atoms in total. The number of aliphatic hydroxyl groups excluding tert-OH is 3. The van der Waals surface area contributed by atoms with Crippen molar-refractivity contribution in [2.75, 3.05) is 19.7 Å². The second-order valence-corrected chi connectivity index (χ2v) is 10.2. The summed E-state index contributed by atoms with van der Waals surface area (Å²) in [5.41, 5.74) is -1.52. The standard InChI is InChI=1S/C21H43NO6S/c1-3-5-7-9-11-13-15-22(16-14-12-10-8-6-4-2)29(26,27)21-20(25)19(24)18(17-23)28-21/h18-21,23-25H,3-17H2,1-2H3/t18-,19+,20-,21+/m1/s1. The molecular formula is C21H43NO6S. The van der Waals surface area contributed by atoms with E-state index in [-0.39, 0.29) is 0 Å². The zero-order valence-corrected chi connectivity index (χ0v) is 19.2. The Bertz CT molecular complexity index is 499. The van der Waals surface area contributed by atoms with Crippen molar-refractivity contribution in [1.29, 1.82) is 0 Å². The third-order valence-electron chi connectivity index (χ3n) is 5.67. The Morgan fingerprint density at radius 1 is 0.759 bits per heavy atom. The normalized spacial score (nSPS) is 25.2. The Labute approximate surface area is 177 Å².